The maximum atomic E-state index is 14.2. The van der Waals surface area contributed by atoms with Crippen LogP contribution in [-0.4, -0.2) is 42.7 Å². The third-order valence-electron chi connectivity index (χ3n) is 4.96. The number of hydrogen-bond donors (Lipinski definition) is 1. The van der Waals surface area contributed by atoms with Gasteiger partial charge in [0.25, 0.3) is 5.91 Å². The summed E-state index contributed by atoms with van der Waals surface area (Å²) >= 11 is 0. The number of amides is 1. The topological polar surface area (TPSA) is 85.3 Å². The molecule has 0 saturated heterocycles. The molecule has 0 spiro atoms. The SMILES string of the molecule is COc1ccc(CN(Cc2ccccc2)C(=O)COc2c(F)cccc2C(=O)O)c(OC)c1. The molecule has 33 heavy (non-hydrogen) atoms. The van der Waals surface area contributed by atoms with Gasteiger partial charge in [-0.3, -0.25) is 4.79 Å². The maximum absolute atomic E-state index is 14.2. The Balaban J connectivity index is 1.84. The van der Waals surface area contributed by atoms with Crippen LogP contribution >= 0.6 is 0 Å². The number of carbonyl (C=O) groups excluding carboxylic acids is 1. The van der Waals surface area contributed by atoms with E-state index in [2.05, 4.69) is 0 Å². The van der Waals surface area contributed by atoms with Gasteiger partial charge < -0.3 is 24.2 Å². The molecule has 0 unspecified atom stereocenters. The van der Waals surface area contributed by atoms with E-state index in [4.69, 9.17) is 14.2 Å². The predicted octanol–water partition coefficient (Wildman–Crippen LogP) is 4.15. The molecule has 3 rings (SSSR count). The minimum atomic E-state index is -1.35. The number of carboxylic acid groups (broad SMARTS) is 1. The lowest BCUT2D eigenvalue weighted by atomic mass is 10.1. The van der Waals surface area contributed by atoms with E-state index >= 15 is 0 Å². The van der Waals surface area contributed by atoms with Crippen LogP contribution in [0.4, 0.5) is 4.39 Å². The van der Waals surface area contributed by atoms with Gasteiger partial charge in [-0.1, -0.05) is 36.4 Å². The van der Waals surface area contributed by atoms with E-state index in [1.807, 2.05) is 30.3 Å². The van der Waals surface area contributed by atoms with Crippen LogP contribution in [0.25, 0.3) is 0 Å². The second kappa shape index (κ2) is 11.0. The number of carbonyl (C=O) groups is 2. The van der Waals surface area contributed by atoms with Gasteiger partial charge in [-0.15, -0.1) is 0 Å². The summed E-state index contributed by atoms with van der Waals surface area (Å²) in [6, 6.07) is 18.2. The molecular formula is C25H24FNO6. The monoisotopic (exact) mass is 453 g/mol. The van der Waals surface area contributed by atoms with E-state index < -0.39 is 30.1 Å². The number of aromatic carboxylic acids is 1. The van der Waals surface area contributed by atoms with E-state index in [0.29, 0.717) is 11.5 Å². The van der Waals surface area contributed by atoms with Crippen LogP contribution in [0, 0.1) is 5.82 Å². The van der Waals surface area contributed by atoms with Crippen LogP contribution in [-0.2, 0) is 17.9 Å². The lowest BCUT2D eigenvalue weighted by Crippen LogP contribution is -2.34. The Kier molecular flexibility index (Phi) is 7.86. The van der Waals surface area contributed by atoms with Gasteiger partial charge >= 0.3 is 5.97 Å². The second-order valence-electron chi connectivity index (χ2n) is 7.12. The van der Waals surface area contributed by atoms with E-state index in [1.165, 1.54) is 24.1 Å². The van der Waals surface area contributed by atoms with E-state index in [9.17, 15) is 19.1 Å². The molecule has 7 nitrogen and oxygen atoms in total. The maximum Gasteiger partial charge on any atom is 0.339 e. The molecule has 0 aromatic heterocycles. The molecule has 1 amide bonds. The van der Waals surface area contributed by atoms with Gasteiger partial charge in [-0.2, -0.15) is 0 Å². The molecule has 8 heteroatoms. The Morgan fingerprint density at radius 3 is 2.36 bits per heavy atom. The minimum absolute atomic E-state index is 0.188. The molecular weight excluding hydrogens is 429 g/mol. The van der Waals surface area contributed by atoms with Gasteiger partial charge in [0, 0.05) is 24.7 Å². The largest absolute Gasteiger partial charge is 0.497 e. The smallest absolute Gasteiger partial charge is 0.339 e. The quantitative estimate of drug-likeness (QED) is 0.497. The fraction of sp³-hybridized carbons (Fsp3) is 0.200. The van der Waals surface area contributed by atoms with Crippen LogP contribution in [0.3, 0.4) is 0 Å². The third-order valence-corrected chi connectivity index (χ3v) is 4.96. The summed E-state index contributed by atoms with van der Waals surface area (Å²) in [6.07, 6.45) is 0. The highest BCUT2D eigenvalue weighted by molar-refractivity contribution is 5.91. The van der Waals surface area contributed by atoms with Crippen molar-refractivity contribution in [3.63, 3.8) is 0 Å². The first-order valence-electron chi connectivity index (χ1n) is 10.1. The average molecular weight is 453 g/mol. The zero-order chi connectivity index (χ0) is 23.8. The molecule has 172 valence electrons. The Labute approximate surface area is 190 Å². The minimum Gasteiger partial charge on any atom is -0.497 e. The van der Waals surface area contributed by atoms with Crippen molar-refractivity contribution >= 4 is 11.9 Å². The Morgan fingerprint density at radius 1 is 0.939 bits per heavy atom. The lowest BCUT2D eigenvalue weighted by Gasteiger charge is -2.24. The highest BCUT2D eigenvalue weighted by Crippen LogP contribution is 2.27. The molecule has 1 N–H and O–H groups in total. The Hall–Kier alpha value is -4.07. The summed E-state index contributed by atoms with van der Waals surface area (Å²) in [5.41, 5.74) is 1.27. The zero-order valence-corrected chi connectivity index (χ0v) is 18.3. The summed E-state index contributed by atoms with van der Waals surface area (Å²) < 4.78 is 30.2. The number of ether oxygens (including phenoxy) is 3. The molecule has 0 aliphatic rings. The van der Waals surface area contributed by atoms with Crippen molar-refractivity contribution in [3.05, 3.63) is 89.2 Å². The molecule has 0 saturated carbocycles. The van der Waals surface area contributed by atoms with E-state index in [-0.39, 0.29) is 18.7 Å². The van der Waals surface area contributed by atoms with Gasteiger partial charge in [-0.25, -0.2) is 9.18 Å². The molecule has 3 aromatic rings. The number of para-hydroxylation sites is 1. The third kappa shape index (κ3) is 6.00. The van der Waals surface area contributed by atoms with Gasteiger partial charge in [0.05, 0.1) is 14.2 Å². The van der Waals surface area contributed by atoms with Gasteiger partial charge in [0.1, 0.15) is 17.1 Å². The summed E-state index contributed by atoms with van der Waals surface area (Å²) in [6.45, 7) is -0.0822. The van der Waals surface area contributed by atoms with Crippen LogP contribution < -0.4 is 14.2 Å². The fourth-order valence-corrected chi connectivity index (χ4v) is 3.27. The number of hydrogen-bond acceptors (Lipinski definition) is 5. The summed E-state index contributed by atoms with van der Waals surface area (Å²) in [5.74, 6) is -1.96. The number of rotatable bonds is 10. The lowest BCUT2D eigenvalue weighted by molar-refractivity contribution is -0.134. The molecule has 0 radical (unpaired) electrons. The van der Waals surface area contributed by atoms with Crippen molar-refractivity contribution < 1.29 is 33.3 Å². The second-order valence-corrected chi connectivity index (χ2v) is 7.12. The van der Waals surface area contributed by atoms with Crippen molar-refractivity contribution in [2.24, 2.45) is 0 Å². The first kappa shape index (κ1) is 23.6. The predicted molar refractivity (Wildman–Crippen MR) is 119 cm³/mol. The van der Waals surface area contributed by atoms with E-state index in [0.717, 1.165) is 17.2 Å². The van der Waals surface area contributed by atoms with E-state index in [1.54, 1.807) is 25.3 Å². The van der Waals surface area contributed by atoms with Crippen molar-refractivity contribution in [2.45, 2.75) is 13.1 Å². The highest BCUT2D eigenvalue weighted by atomic mass is 19.1. The first-order chi connectivity index (χ1) is 15.9. The normalized spacial score (nSPS) is 10.4. The Morgan fingerprint density at radius 2 is 1.70 bits per heavy atom. The fourth-order valence-electron chi connectivity index (χ4n) is 3.27. The van der Waals surface area contributed by atoms with Crippen LogP contribution in [0.5, 0.6) is 17.2 Å². The van der Waals surface area contributed by atoms with Crippen molar-refractivity contribution in [1.82, 2.24) is 4.90 Å². The number of carboxylic acids is 1. The van der Waals surface area contributed by atoms with Gasteiger partial charge in [0.2, 0.25) is 0 Å². The van der Waals surface area contributed by atoms with Crippen molar-refractivity contribution in [2.75, 3.05) is 20.8 Å². The molecule has 0 aliphatic heterocycles. The molecule has 0 aliphatic carbocycles. The molecule has 3 aromatic carbocycles. The van der Waals surface area contributed by atoms with Gasteiger partial charge in [-0.05, 0) is 29.8 Å². The molecule has 0 fully saturated rings. The number of benzene rings is 3. The number of methoxy groups -OCH3 is 2. The van der Waals surface area contributed by atoms with Crippen molar-refractivity contribution in [3.8, 4) is 17.2 Å². The molecule has 0 atom stereocenters. The standard InChI is InChI=1S/C25H24FNO6/c1-31-19-12-11-18(22(13-19)32-2)15-27(14-17-7-4-3-5-8-17)23(28)16-33-24-20(25(29)30)9-6-10-21(24)26/h3-13H,14-16H2,1-2H3,(H,29,30). The zero-order valence-electron chi connectivity index (χ0n) is 18.3. The first-order valence-corrected chi connectivity index (χ1v) is 10.1. The highest BCUT2D eigenvalue weighted by Gasteiger charge is 2.21. The van der Waals surface area contributed by atoms with Gasteiger partial charge in [0.15, 0.2) is 18.2 Å². The summed E-state index contributed by atoms with van der Waals surface area (Å²) in [4.78, 5) is 26.0. The average Bonchev–Trinajstić information content (AvgIpc) is 2.83. The Bertz CT molecular complexity index is 1120. The van der Waals surface area contributed by atoms with Crippen LogP contribution in [0.2, 0.25) is 0 Å². The van der Waals surface area contributed by atoms with Crippen LogP contribution in [0.1, 0.15) is 21.5 Å². The van der Waals surface area contributed by atoms with Crippen molar-refractivity contribution in [1.29, 1.82) is 0 Å². The number of halogens is 1. The number of nitrogens with zero attached hydrogens (tertiary/aromatic N) is 1. The summed E-state index contributed by atoms with van der Waals surface area (Å²) in [7, 11) is 3.07. The summed E-state index contributed by atoms with van der Waals surface area (Å²) in [5, 5.41) is 9.29. The van der Waals surface area contributed by atoms with Crippen LogP contribution in [0.15, 0.2) is 66.7 Å². The molecule has 0 bridgehead atoms. The molecule has 0 heterocycles.